The van der Waals surface area contributed by atoms with E-state index in [0.717, 1.165) is 30.8 Å². The van der Waals surface area contributed by atoms with Crippen LogP contribution in [0.3, 0.4) is 0 Å². The van der Waals surface area contributed by atoms with Crippen LogP contribution in [0.15, 0.2) is 24.5 Å². The lowest BCUT2D eigenvalue weighted by molar-refractivity contribution is 0.1000. The Morgan fingerprint density at radius 2 is 2.29 bits per heavy atom. The Kier molecular flexibility index (Phi) is 3.39. The predicted octanol–water partition coefficient (Wildman–Crippen LogP) is 1.01. The van der Waals surface area contributed by atoms with Gasteiger partial charge in [-0.3, -0.25) is 4.79 Å². The highest BCUT2D eigenvalue weighted by Crippen LogP contribution is 2.09. The molecule has 0 aromatic carbocycles. The first kappa shape index (κ1) is 11.6. The summed E-state index contributed by atoms with van der Waals surface area (Å²) in [7, 11) is 1.68. The highest BCUT2D eigenvalue weighted by atomic mass is 16.5. The van der Waals surface area contributed by atoms with Gasteiger partial charge in [0, 0.05) is 26.1 Å². The number of nitrogens with two attached hydrogens (primary N) is 1. The second-order valence-corrected chi connectivity index (χ2v) is 3.88. The highest BCUT2D eigenvalue weighted by molar-refractivity contribution is 5.92. The minimum Gasteiger partial charge on any atom is -0.385 e. The van der Waals surface area contributed by atoms with Gasteiger partial charge in [-0.25, -0.2) is 4.98 Å². The summed E-state index contributed by atoms with van der Waals surface area (Å²) in [5, 5.41) is 0. The largest absolute Gasteiger partial charge is 0.385 e. The summed E-state index contributed by atoms with van der Waals surface area (Å²) in [6, 6.07) is 3.48. The molecule has 2 aromatic rings. The molecule has 17 heavy (non-hydrogen) atoms. The summed E-state index contributed by atoms with van der Waals surface area (Å²) < 4.78 is 6.81. The van der Waals surface area contributed by atoms with E-state index in [2.05, 4.69) is 4.98 Å². The number of ether oxygens (including phenoxy) is 1. The Bertz CT molecular complexity index is 534. The van der Waals surface area contributed by atoms with Crippen molar-refractivity contribution in [3.63, 3.8) is 0 Å². The maximum Gasteiger partial charge on any atom is 0.250 e. The lowest BCUT2D eigenvalue weighted by Crippen LogP contribution is -2.11. The number of amides is 1. The molecule has 2 aromatic heterocycles. The molecule has 0 aliphatic rings. The van der Waals surface area contributed by atoms with Gasteiger partial charge in [-0.05, 0) is 25.0 Å². The van der Waals surface area contributed by atoms with E-state index in [1.54, 1.807) is 25.4 Å². The van der Waals surface area contributed by atoms with Crippen LogP contribution in [0.2, 0.25) is 0 Å². The quantitative estimate of drug-likeness (QED) is 0.783. The number of carbonyl (C=O) groups is 1. The third-order valence-electron chi connectivity index (χ3n) is 2.57. The Morgan fingerprint density at radius 1 is 1.47 bits per heavy atom. The molecule has 2 rings (SSSR count). The lowest BCUT2D eigenvalue weighted by Gasteiger charge is -1.96. The second kappa shape index (κ2) is 4.97. The van der Waals surface area contributed by atoms with Crippen LogP contribution < -0.4 is 5.73 Å². The number of pyridine rings is 1. The number of methoxy groups -OCH3 is 1. The second-order valence-electron chi connectivity index (χ2n) is 3.88. The number of aromatic nitrogens is 2. The van der Waals surface area contributed by atoms with Gasteiger partial charge in [-0.15, -0.1) is 0 Å². The summed E-state index contributed by atoms with van der Waals surface area (Å²) >= 11 is 0. The number of nitrogens with zero attached hydrogens (tertiary/aromatic N) is 2. The van der Waals surface area contributed by atoms with E-state index in [0.29, 0.717) is 5.56 Å². The maximum atomic E-state index is 11.0. The molecule has 0 spiro atoms. The van der Waals surface area contributed by atoms with Crippen molar-refractivity contribution < 1.29 is 9.53 Å². The minimum atomic E-state index is -0.429. The van der Waals surface area contributed by atoms with Crippen molar-refractivity contribution in [1.29, 1.82) is 0 Å². The minimum absolute atomic E-state index is 0.429. The van der Waals surface area contributed by atoms with Gasteiger partial charge in [-0.2, -0.15) is 0 Å². The number of hydrogen-bond acceptors (Lipinski definition) is 3. The molecule has 0 bridgehead atoms. The van der Waals surface area contributed by atoms with Crippen molar-refractivity contribution in [2.24, 2.45) is 5.73 Å². The summed E-state index contributed by atoms with van der Waals surface area (Å²) in [5.74, 6) is -0.429. The zero-order valence-corrected chi connectivity index (χ0v) is 9.72. The predicted molar refractivity (Wildman–Crippen MR) is 63.9 cm³/mol. The zero-order valence-electron chi connectivity index (χ0n) is 9.72. The van der Waals surface area contributed by atoms with Gasteiger partial charge in [0.15, 0.2) is 0 Å². The topological polar surface area (TPSA) is 69.6 Å². The number of hydrogen-bond donors (Lipinski definition) is 1. The number of imidazole rings is 1. The molecule has 0 saturated heterocycles. The smallest absolute Gasteiger partial charge is 0.250 e. The monoisotopic (exact) mass is 233 g/mol. The summed E-state index contributed by atoms with van der Waals surface area (Å²) in [6.07, 6.45) is 5.41. The fourth-order valence-electron chi connectivity index (χ4n) is 1.71. The van der Waals surface area contributed by atoms with Gasteiger partial charge in [-0.1, -0.05) is 0 Å². The van der Waals surface area contributed by atoms with Crippen LogP contribution >= 0.6 is 0 Å². The van der Waals surface area contributed by atoms with E-state index in [1.807, 2.05) is 10.6 Å². The Hall–Kier alpha value is -1.88. The molecule has 0 aliphatic heterocycles. The maximum absolute atomic E-state index is 11.0. The van der Waals surface area contributed by atoms with E-state index in [-0.39, 0.29) is 0 Å². The number of aryl methyl sites for hydroxylation is 1. The number of carbonyl (C=O) groups excluding carboxylic acids is 1. The van der Waals surface area contributed by atoms with E-state index in [4.69, 9.17) is 10.5 Å². The molecular weight excluding hydrogens is 218 g/mol. The van der Waals surface area contributed by atoms with Crippen molar-refractivity contribution in [2.75, 3.05) is 13.7 Å². The van der Waals surface area contributed by atoms with Gasteiger partial charge < -0.3 is 14.9 Å². The van der Waals surface area contributed by atoms with Gasteiger partial charge in [0.25, 0.3) is 0 Å². The molecule has 2 heterocycles. The molecule has 0 saturated carbocycles. The van der Waals surface area contributed by atoms with E-state index < -0.39 is 5.91 Å². The molecule has 0 unspecified atom stereocenters. The average Bonchev–Trinajstić information content (AvgIpc) is 2.70. The van der Waals surface area contributed by atoms with Crippen molar-refractivity contribution in [1.82, 2.24) is 9.38 Å². The van der Waals surface area contributed by atoms with Crippen molar-refractivity contribution in [3.8, 4) is 0 Å². The van der Waals surface area contributed by atoms with Crippen LogP contribution in [0.5, 0.6) is 0 Å². The third-order valence-corrected chi connectivity index (χ3v) is 2.57. The third kappa shape index (κ3) is 2.62. The van der Waals surface area contributed by atoms with Gasteiger partial charge >= 0.3 is 0 Å². The zero-order chi connectivity index (χ0) is 12.3. The van der Waals surface area contributed by atoms with Crippen LogP contribution in [-0.4, -0.2) is 29.0 Å². The molecule has 5 heteroatoms. The molecule has 0 fully saturated rings. The van der Waals surface area contributed by atoms with Crippen molar-refractivity contribution >= 4 is 11.6 Å². The molecule has 2 N–H and O–H groups in total. The Balaban J connectivity index is 2.21. The van der Waals surface area contributed by atoms with Crippen LogP contribution in [0.1, 0.15) is 22.5 Å². The first-order valence-electron chi connectivity index (χ1n) is 5.47. The molecule has 90 valence electrons. The van der Waals surface area contributed by atoms with Crippen molar-refractivity contribution in [2.45, 2.75) is 12.8 Å². The normalized spacial score (nSPS) is 10.9. The van der Waals surface area contributed by atoms with Crippen molar-refractivity contribution in [3.05, 3.63) is 35.8 Å². The average molecular weight is 233 g/mol. The van der Waals surface area contributed by atoms with E-state index in [1.165, 1.54) is 0 Å². The van der Waals surface area contributed by atoms with E-state index >= 15 is 0 Å². The number of primary amides is 1. The molecule has 0 aliphatic carbocycles. The molecular formula is C12H15N3O2. The SMILES string of the molecule is COCCCc1cn2cc(C(N)=O)ccc2n1. The van der Waals surface area contributed by atoms with Crippen LogP contribution in [0.4, 0.5) is 0 Å². The molecule has 0 atom stereocenters. The summed E-state index contributed by atoms with van der Waals surface area (Å²) in [6.45, 7) is 0.723. The van der Waals surface area contributed by atoms with Gasteiger partial charge in [0.1, 0.15) is 5.65 Å². The van der Waals surface area contributed by atoms with E-state index in [9.17, 15) is 4.79 Å². The first-order valence-corrected chi connectivity index (χ1v) is 5.47. The first-order chi connectivity index (χ1) is 8.20. The highest BCUT2D eigenvalue weighted by Gasteiger charge is 2.05. The lowest BCUT2D eigenvalue weighted by atomic mass is 10.2. The molecule has 0 radical (unpaired) electrons. The number of rotatable bonds is 5. The van der Waals surface area contributed by atoms with Crippen LogP contribution in [0.25, 0.3) is 5.65 Å². The fraction of sp³-hybridized carbons (Fsp3) is 0.333. The molecule has 5 nitrogen and oxygen atoms in total. The van der Waals surface area contributed by atoms with Gasteiger partial charge in [0.05, 0.1) is 11.3 Å². The number of fused-ring (bicyclic) bond motifs is 1. The summed E-state index contributed by atoms with van der Waals surface area (Å²) in [4.78, 5) is 15.5. The molecule has 1 amide bonds. The fourth-order valence-corrected chi connectivity index (χ4v) is 1.71. The van der Waals surface area contributed by atoms with Crippen LogP contribution in [-0.2, 0) is 11.2 Å². The standard InChI is InChI=1S/C12H15N3O2/c1-17-6-2-3-10-8-15-7-9(12(13)16)4-5-11(15)14-10/h4-5,7-8H,2-3,6H2,1H3,(H2,13,16). The summed E-state index contributed by atoms with van der Waals surface area (Å²) in [5.41, 5.74) is 7.52. The van der Waals surface area contributed by atoms with Crippen LogP contribution in [0, 0.1) is 0 Å². The van der Waals surface area contributed by atoms with Gasteiger partial charge in [0.2, 0.25) is 5.91 Å². The Labute approximate surface area is 99.2 Å². The Morgan fingerprint density at radius 3 is 3.00 bits per heavy atom.